The summed E-state index contributed by atoms with van der Waals surface area (Å²) in [5.41, 5.74) is 5.23. The maximum Gasteiger partial charge on any atom is 0.243 e. The van der Waals surface area contributed by atoms with Gasteiger partial charge in [0, 0.05) is 0 Å². The van der Waals surface area contributed by atoms with Crippen LogP contribution in [-0.2, 0) is 63.7 Å². The fraction of sp³-hybridized carbons (Fsp3) is 0.308. The van der Waals surface area contributed by atoms with E-state index < -0.39 is 30.7 Å². The summed E-state index contributed by atoms with van der Waals surface area (Å²) in [6, 6.07) is 38.1. The molecular weight excluding hydrogens is 592 g/mol. The van der Waals surface area contributed by atoms with Gasteiger partial charge < -0.3 is 28.8 Å². The molecule has 0 saturated carbocycles. The van der Waals surface area contributed by atoms with Crippen LogP contribution in [0.2, 0.25) is 0 Å². The fourth-order valence-corrected chi connectivity index (χ4v) is 5.68. The zero-order chi connectivity index (χ0) is 32.3. The summed E-state index contributed by atoms with van der Waals surface area (Å²) < 4.78 is 35.9. The summed E-state index contributed by atoms with van der Waals surface area (Å²) in [6.45, 7) is 2.34. The van der Waals surface area contributed by atoms with Crippen LogP contribution in [0.25, 0.3) is 0 Å². The lowest BCUT2D eigenvalue weighted by Crippen LogP contribution is -2.61. The van der Waals surface area contributed by atoms with E-state index in [1.165, 1.54) is 5.56 Å². The average Bonchev–Trinajstić information content (AvgIpc) is 3.53. The molecule has 0 aliphatic carbocycles. The number of rotatable bonds is 15. The number of aliphatic hydroxyl groups excluding tert-OH is 1. The molecule has 5 atom stereocenters. The van der Waals surface area contributed by atoms with Crippen LogP contribution < -0.4 is 4.57 Å². The van der Waals surface area contributed by atoms with Crippen molar-refractivity contribution in [1.82, 2.24) is 4.57 Å². The Morgan fingerprint density at radius 2 is 1.15 bits per heavy atom. The second kappa shape index (κ2) is 16.6. The van der Waals surface area contributed by atoms with Crippen LogP contribution in [0.3, 0.4) is 0 Å². The molecule has 4 aromatic carbocycles. The van der Waals surface area contributed by atoms with Crippen LogP contribution in [-0.4, -0.2) is 47.0 Å². The number of aliphatic hydroxyl groups is 1. The highest BCUT2D eigenvalue weighted by molar-refractivity contribution is 5.22. The van der Waals surface area contributed by atoms with E-state index in [1.54, 1.807) is 0 Å². The minimum absolute atomic E-state index is 0.234. The molecular formula is C39H43N2O6+. The first-order valence-corrected chi connectivity index (χ1v) is 16.1. The van der Waals surface area contributed by atoms with Crippen molar-refractivity contribution in [3.63, 3.8) is 0 Å². The Morgan fingerprint density at radius 3 is 1.72 bits per heavy atom. The van der Waals surface area contributed by atoms with Crippen molar-refractivity contribution in [2.75, 3.05) is 6.61 Å². The van der Waals surface area contributed by atoms with Crippen LogP contribution in [0.1, 0.15) is 27.8 Å². The van der Waals surface area contributed by atoms with Gasteiger partial charge in [-0.15, -0.1) is 0 Å². The van der Waals surface area contributed by atoms with E-state index in [-0.39, 0.29) is 13.2 Å². The first kappa shape index (κ1) is 32.8. The average molecular weight is 636 g/mol. The van der Waals surface area contributed by atoms with E-state index in [9.17, 15) is 5.11 Å². The Labute approximate surface area is 276 Å². The predicted octanol–water partition coefficient (Wildman–Crippen LogP) is 5.35. The van der Waals surface area contributed by atoms with Gasteiger partial charge in [0.2, 0.25) is 6.33 Å². The van der Waals surface area contributed by atoms with Crippen molar-refractivity contribution >= 4 is 0 Å². The number of ether oxygens (including phenoxy) is 5. The molecule has 1 fully saturated rings. The third-order valence-corrected chi connectivity index (χ3v) is 8.20. The van der Waals surface area contributed by atoms with Gasteiger partial charge in [-0.3, -0.25) is 0 Å². The molecule has 1 aromatic heterocycles. The second-order valence-corrected chi connectivity index (χ2v) is 11.9. The highest BCUT2D eigenvalue weighted by atomic mass is 16.7. The Hall–Kier alpha value is -4.15. The maximum atomic E-state index is 11.7. The maximum absolute atomic E-state index is 11.7. The Kier molecular flexibility index (Phi) is 11.6. The van der Waals surface area contributed by atoms with E-state index in [0.29, 0.717) is 19.8 Å². The molecule has 1 N–H and O–H groups in total. The number of hydrogen-bond donors (Lipinski definition) is 1. The molecule has 1 saturated heterocycles. The normalized spacial score (nSPS) is 21.1. The summed E-state index contributed by atoms with van der Waals surface area (Å²) in [6.07, 6.45) is 2.18. The number of hydrogen-bond acceptors (Lipinski definition) is 6. The third-order valence-electron chi connectivity index (χ3n) is 8.20. The highest BCUT2D eigenvalue weighted by Crippen LogP contribution is 2.29. The summed E-state index contributed by atoms with van der Waals surface area (Å²) >= 11 is 0. The van der Waals surface area contributed by atoms with Crippen molar-refractivity contribution in [3.8, 4) is 0 Å². The van der Waals surface area contributed by atoms with Crippen LogP contribution in [0, 0.1) is 0 Å². The van der Waals surface area contributed by atoms with E-state index in [2.05, 4.69) is 16.7 Å². The first-order chi connectivity index (χ1) is 23.1. The van der Waals surface area contributed by atoms with Crippen LogP contribution in [0.15, 0.2) is 134 Å². The molecule has 0 amide bonds. The topological polar surface area (TPSA) is 75.2 Å². The summed E-state index contributed by atoms with van der Waals surface area (Å²) in [7, 11) is 2.01. The molecule has 2 heterocycles. The van der Waals surface area contributed by atoms with E-state index in [4.69, 9.17) is 23.7 Å². The molecule has 0 bridgehead atoms. The van der Waals surface area contributed by atoms with Crippen molar-refractivity contribution in [1.29, 1.82) is 0 Å². The summed E-state index contributed by atoms with van der Waals surface area (Å²) in [4.78, 5) is 0. The molecule has 6 rings (SSSR count). The predicted molar refractivity (Wildman–Crippen MR) is 177 cm³/mol. The molecule has 0 unspecified atom stereocenters. The van der Waals surface area contributed by atoms with Gasteiger partial charge in [0.15, 0.2) is 6.29 Å². The fourth-order valence-electron chi connectivity index (χ4n) is 5.68. The van der Waals surface area contributed by atoms with E-state index >= 15 is 0 Å². The minimum atomic E-state index is -1.10. The van der Waals surface area contributed by atoms with Gasteiger partial charge in [-0.1, -0.05) is 115 Å². The summed E-state index contributed by atoms with van der Waals surface area (Å²) in [5.74, 6) is 0. The molecule has 1 aliphatic rings. The SMILES string of the molecule is C[n+]1ccn(Cc2ccc(CO[C@H]3O[C@H](COCc4ccccc4)[C@@H](OCc4ccccc4)[C@H](OCc4ccccc4)[C@@H]3O)cc2)c1. The number of aryl methyl sites for hydroxylation is 1. The minimum Gasteiger partial charge on any atom is -0.385 e. The molecule has 8 heteroatoms. The van der Waals surface area contributed by atoms with Crippen molar-refractivity contribution < 1.29 is 33.4 Å². The molecule has 0 spiro atoms. The largest absolute Gasteiger partial charge is 0.385 e. The first-order valence-electron chi connectivity index (χ1n) is 16.1. The second-order valence-electron chi connectivity index (χ2n) is 11.9. The van der Waals surface area contributed by atoms with Crippen molar-refractivity contribution in [2.24, 2.45) is 7.05 Å². The highest BCUT2D eigenvalue weighted by Gasteiger charge is 2.47. The molecule has 244 valence electrons. The van der Waals surface area contributed by atoms with Crippen molar-refractivity contribution in [2.45, 2.75) is 63.7 Å². The van der Waals surface area contributed by atoms with Gasteiger partial charge in [-0.2, -0.15) is 0 Å². The van der Waals surface area contributed by atoms with Crippen molar-refractivity contribution in [3.05, 3.63) is 162 Å². The Balaban J connectivity index is 1.17. The molecule has 5 aromatic rings. The lowest BCUT2D eigenvalue weighted by atomic mass is 9.98. The number of imidazole rings is 1. The van der Waals surface area contributed by atoms with Gasteiger partial charge >= 0.3 is 0 Å². The molecule has 1 aliphatic heterocycles. The monoisotopic (exact) mass is 635 g/mol. The van der Waals surface area contributed by atoms with Crippen LogP contribution in [0.4, 0.5) is 0 Å². The van der Waals surface area contributed by atoms with E-state index in [0.717, 1.165) is 28.8 Å². The van der Waals surface area contributed by atoms with Crippen LogP contribution >= 0.6 is 0 Å². The molecule has 0 radical (unpaired) electrons. The smallest absolute Gasteiger partial charge is 0.243 e. The van der Waals surface area contributed by atoms with Gasteiger partial charge in [0.25, 0.3) is 0 Å². The number of aromatic nitrogens is 2. The molecule has 8 nitrogen and oxygen atoms in total. The van der Waals surface area contributed by atoms with Gasteiger partial charge in [-0.25, -0.2) is 9.13 Å². The Bertz CT molecular complexity index is 1610. The lowest BCUT2D eigenvalue weighted by molar-refractivity contribution is -0.671. The lowest BCUT2D eigenvalue weighted by Gasteiger charge is -2.44. The van der Waals surface area contributed by atoms with Gasteiger partial charge in [0.05, 0.1) is 40.1 Å². The van der Waals surface area contributed by atoms with Gasteiger partial charge in [-0.05, 0) is 27.8 Å². The number of benzene rings is 4. The molecule has 47 heavy (non-hydrogen) atoms. The number of nitrogens with zero attached hydrogens (tertiary/aromatic N) is 2. The standard InChI is InChI=1S/C39H43N2O6/c1-40-21-22-41(29-40)23-30-17-19-34(20-18-30)27-46-39-36(42)38(45-26-33-15-9-4-10-16-33)37(44-25-32-13-7-3-8-14-32)35(47-39)28-43-24-31-11-5-2-6-12-31/h2-22,29,35-39,42H,23-28H2,1H3/q+1/t35-,36+,37-,38-,39+/m1/s1. The third kappa shape index (κ3) is 9.45. The van der Waals surface area contributed by atoms with Crippen LogP contribution in [0.5, 0.6) is 0 Å². The zero-order valence-corrected chi connectivity index (χ0v) is 26.7. The zero-order valence-electron chi connectivity index (χ0n) is 26.7. The summed E-state index contributed by atoms with van der Waals surface area (Å²) in [5, 5.41) is 11.7. The van der Waals surface area contributed by atoms with Gasteiger partial charge in [0.1, 0.15) is 43.4 Å². The quantitative estimate of drug-likeness (QED) is 0.156. The van der Waals surface area contributed by atoms with E-state index in [1.807, 2.05) is 133 Å². The Morgan fingerprint density at radius 1 is 0.638 bits per heavy atom.